The van der Waals surface area contributed by atoms with Crippen LogP contribution in [0, 0.1) is 0 Å². The van der Waals surface area contributed by atoms with Crippen molar-refractivity contribution < 1.29 is 9.90 Å². The number of amides is 1. The number of nitrogens with one attached hydrogen (secondary N) is 1. The van der Waals surface area contributed by atoms with Crippen molar-refractivity contribution in [3.8, 4) is 5.69 Å². The molecule has 7 heteroatoms. The first kappa shape index (κ1) is 14.4. The number of aliphatic hydroxyl groups is 1. The molecule has 2 heterocycles. The number of nitrogens with zero attached hydrogens (tertiary/aromatic N) is 3. The Morgan fingerprint density at radius 1 is 1.23 bits per heavy atom. The van der Waals surface area contributed by atoms with E-state index in [2.05, 4.69) is 15.5 Å². The number of hydrogen-bond donors (Lipinski definition) is 2. The summed E-state index contributed by atoms with van der Waals surface area (Å²) in [5.74, 6) is -0.217. The van der Waals surface area contributed by atoms with E-state index in [1.54, 1.807) is 29.4 Å². The van der Waals surface area contributed by atoms with Gasteiger partial charge >= 0.3 is 0 Å². The summed E-state index contributed by atoms with van der Waals surface area (Å²) in [5.41, 5.74) is 1.41. The number of thiophene rings is 1. The molecule has 3 rings (SSSR count). The first-order valence-corrected chi connectivity index (χ1v) is 7.57. The number of benzene rings is 1. The topological polar surface area (TPSA) is 80.0 Å². The number of carbonyl (C=O) groups excluding carboxylic acids is 1. The van der Waals surface area contributed by atoms with E-state index in [-0.39, 0.29) is 12.5 Å². The van der Waals surface area contributed by atoms with Crippen LogP contribution in [0.25, 0.3) is 5.69 Å². The molecule has 0 saturated carbocycles. The zero-order valence-electron chi connectivity index (χ0n) is 11.6. The van der Waals surface area contributed by atoms with Gasteiger partial charge in [0.15, 0.2) is 0 Å². The molecular formula is C15H14N4O2S. The summed E-state index contributed by atoms with van der Waals surface area (Å²) in [5, 5.41) is 22.0. The van der Waals surface area contributed by atoms with Crippen molar-refractivity contribution >= 4 is 17.2 Å². The highest BCUT2D eigenvalue weighted by molar-refractivity contribution is 7.10. The summed E-state index contributed by atoms with van der Waals surface area (Å²) in [4.78, 5) is 12.9. The normalized spacial score (nSPS) is 12.0. The Labute approximate surface area is 131 Å². The highest BCUT2D eigenvalue weighted by Gasteiger charge is 2.11. The fourth-order valence-corrected chi connectivity index (χ4v) is 2.70. The number of rotatable bonds is 5. The molecule has 2 N–H and O–H groups in total. The minimum Gasteiger partial charge on any atom is -0.386 e. The van der Waals surface area contributed by atoms with Gasteiger partial charge in [0.2, 0.25) is 0 Å². The molecule has 0 saturated heterocycles. The molecule has 0 spiro atoms. The fraction of sp³-hybridized carbons (Fsp3) is 0.133. The van der Waals surface area contributed by atoms with Crippen LogP contribution in [0.4, 0.5) is 0 Å². The number of hydrogen-bond acceptors (Lipinski definition) is 5. The molecule has 1 aromatic carbocycles. The molecule has 6 nitrogen and oxygen atoms in total. The highest BCUT2D eigenvalue weighted by Crippen LogP contribution is 2.18. The van der Waals surface area contributed by atoms with Gasteiger partial charge < -0.3 is 10.4 Å². The van der Waals surface area contributed by atoms with Crippen LogP contribution in [0.5, 0.6) is 0 Å². The van der Waals surface area contributed by atoms with Gasteiger partial charge in [-0.15, -0.1) is 21.5 Å². The number of carbonyl (C=O) groups is 1. The van der Waals surface area contributed by atoms with E-state index >= 15 is 0 Å². The quantitative estimate of drug-likeness (QED) is 0.752. The monoisotopic (exact) mass is 314 g/mol. The molecule has 0 aliphatic heterocycles. The third-order valence-corrected chi connectivity index (χ3v) is 4.15. The van der Waals surface area contributed by atoms with Gasteiger partial charge in [0, 0.05) is 22.7 Å². The fourth-order valence-electron chi connectivity index (χ4n) is 1.99. The lowest BCUT2D eigenvalue weighted by atomic mass is 10.2. The van der Waals surface area contributed by atoms with Gasteiger partial charge in [0.05, 0.1) is 0 Å². The van der Waals surface area contributed by atoms with E-state index in [9.17, 15) is 9.90 Å². The maximum atomic E-state index is 12.1. The van der Waals surface area contributed by atoms with Gasteiger partial charge in [-0.05, 0) is 35.7 Å². The maximum Gasteiger partial charge on any atom is 0.251 e. The summed E-state index contributed by atoms with van der Waals surface area (Å²) in [6, 6.07) is 10.8. The Morgan fingerprint density at radius 2 is 1.95 bits per heavy atom. The largest absolute Gasteiger partial charge is 0.386 e. The van der Waals surface area contributed by atoms with Crippen LogP contribution in [-0.2, 0) is 0 Å². The van der Waals surface area contributed by atoms with E-state index < -0.39 is 6.10 Å². The standard InChI is InChI=1S/C15H14N4O2S/c20-13(14-2-1-7-22-14)8-16-15(21)11-3-5-12(6-4-11)19-9-17-18-10-19/h1-7,9-10,13,20H,8H2,(H,16,21)/t13-/m0/s1. The molecular weight excluding hydrogens is 300 g/mol. The van der Waals surface area contributed by atoms with Crippen molar-refractivity contribution in [2.75, 3.05) is 6.54 Å². The molecule has 0 aliphatic carbocycles. The van der Waals surface area contributed by atoms with Crippen LogP contribution in [0.15, 0.2) is 54.4 Å². The second-order valence-electron chi connectivity index (χ2n) is 4.66. The van der Waals surface area contributed by atoms with E-state index in [0.29, 0.717) is 5.56 Å². The summed E-state index contributed by atoms with van der Waals surface area (Å²) in [6.07, 6.45) is 2.50. The SMILES string of the molecule is O=C(NC[C@H](O)c1cccs1)c1ccc(-n2cnnc2)cc1. The molecule has 22 heavy (non-hydrogen) atoms. The molecule has 0 aliphatic rings. The first-order chi connectivity index (χ1) is 10.7. The second-order valence-corrected chi connectivity index (χ2v) is 5.64. The van der Waals surface area contributed by atoms with E-state index in [0.717, 1.165) is 10.6 Å². The third kappa shape index (κ3) is 3.21. The van der Waals surface area contributed by atoms with Crippen LogP contribution in [-0.4, -0.2) is 32.3 Å². The van der Waals surface area contributed by atoms with E-state index in [4.69, 9.17) is 0 Å². The molecule has 0 bridgehead atoms. The molecule has 112 valence electrons. The highest BCUT2D eigenvalue weighted by atomic mass is 32.1. The summed E-state index contributed by atoms with van der Waals surface area (Å²) in [7, 11) is 0. The number of aliphatic hydroxyl groups excluding tert-OH is 1. The summed E-state index contributed by atoms with van der Waals surface area (Å²) < 4.78 is 1.75. The van der Waals surface area contributed by atoms with Crippen molar-refractivity contribution in [2.45, 2.75) is 6.10 Å². The smallest absolute Gasteiger partial charge is 0.251 e. The van der Waals surface area contributed by atoms with Crippen molar-refractivity contribution in [3.63, 3.8) is 0 Å². The summed E-state index contributed by atoms with van der Waals surface area (Å²) in [6.45, 7) is 0.187. The molecule has 0 fully saturated rings. The number of aromatic nitrogens is 3. The molecule has 0 radical (unpaired) electrons. The lowest BCUT2D eigenvalue weighted by Crippen LogP contribution is -2.28. The third-order valence-electron chi connectivity index (χ3n) is 3.17. The molecule has 1 amide bonds. The minimum absolute atomic E-state index is 0.187. The zero-order valence-corrected chi connectivity index (χ0v) is 12.4. The predicted molar refractivity (Wildman–Crippen MR) is 83.0 cm³/mol. The molecule has 0 unspecified atom stereocenters. The molecule has 1 atom stereocenters. The summed E-state index contributed by atoms with van der Waals surface area (Å²) >= 11 is 1.46. The average Bonchev–Trinajstić information content (AvgIpc) is 3.25. The van der Waals surface area contributed by atoms with Gasteiger partial charge in [-0.1, -0.05) is 6.07 Å². The van der Waals surface area contributed by atoms with Crippen LogP contribution < -0.4 is 5.32 Å². The van der Waals surface area contributed by atoms with Crippen molar-refractivity contribution in [1.82, 2.24) is 20.1 Å². The lowest BCUT2D eigenvalue weighted by Gasteiger charge is -2.10. The Bertz CT molecular complexity index is 724. The van der Waals surface area contributed by atoms with Crippen LogP contribution >= 0.6 is 11.3 Å². The Hall–Kier alpha value is -2.51. The van der Waals surface area contributed by atoms with Crippen molar-refractivity contribution in [1.29, 1.82) is 0 Å². The van der Waals surface area contributed by atoms with Crippen LogP contribution in [0.2, 0.25) is 0 Å². The average molecular weight is 314 g/mol. The van der Waals surface area contributed by atoms with Gasteiger partial charge in [-0.25, -0.2) is 0 Å². The Morgan fingerprint density at radius 3 is 2.59 bits per heavy atom. The van der Waals surface area contributed by atoms with Gasteiger partial charge in [0.25, 0.3) is 5.91 Å². The van der Waals surface area contributed by atoms with Gasteiger partial charge in [0.1, 0.15) is 18.8 Å². The van der Waals surface area contributed by atoms with Crippen LogP contribution in [0.3, 0.4) is 0 Å². The lowest BCUT2D eigenvalue weighted by molar-refractivity contribution is 0.0918. The van der Waals surface area contributed by atoms with E-state index in [1.807, 2.05) is 29.6 Å². The Balaban J connectivity index is 1.60. The first-order valence-electron chi connectivity index (χ1n) is 6.69. The second kappa shape index (κ2) is 6.50. The van der Waals surface area contributed by atoms with E-state index in [1.165, 1.54) is 11.3 Å². The minimum atomic E-state index is -0.680. The predicted octanol–water partition coefficient (Wildman–Crippen LogP) is 1.79. The van der Waals surface area contributed by atoms with Crippen molar-refractivity contribution in [2.24, 2.45) is 0 Å². The Kier molecular flexibility index (Phi) is 4.27. The maximum absolute atomic E-state index is 12.1. The van der Waals surface area contributed by atoms with Gasteiger partial charge in [-0.3, -0.25) is 9.36 Å². The van der Waals surface area contributed by atoms with Gasteiger partial charge in [-0.2, -0.15) is 0 Å². The molecule has 3 aromatic rings. The van der Waals surface area contributed by atoms with Crippen molar-refractivity contribution in [3.05, 3.63) is 64.9 Å². The molecule has 2 aromatic heterocycles. The van der Waals surface area contributed by atoms with Crippen LogP contribution in [0.1, 0.15) is 21.3 Å². The zero-order chi connectivity index (χ0) is 15.4.